The number of unbranched alkanes of at least 4 members (excludes halogenated alkanes) is 2. The van der Waals surface area contributed by atoms with E-state index in [4.69, 9.17) is 4.74 Å². The van der Waals surface area contributed by atoms with Crippen molar-refractivity contribution in [3.05, 3.63) is 48.2 Å². The number of nitrogens with zero attached hydrogens (tertiary/aromatic N) is 1. The van der Waals surface area contributed by atoms with E-state index in [9.17, 15) is 4.79 Å². The van der Waals surface area contributed by atoms with Gasteiger partial charge in [-0.3, -0.25) is 9.93 Å². The summed E-state index contributed by atoms with van der Waals surface area (Å²) in [6.07, 6.45) is 9.01. The fraction of sp³-hybridized carbons (Fsp3) is 0.630. The van der Waals surface area contributed by atoms with Crippen molar-refractivity contribution < 1.29 is 9.53 Å². The third-order valence-corrected chi connectivity index (χ3v) is 5.46. The molecule has 0 aliphatic heterocycles. The second kappa shape index (κ2) is 16.0. The summed E-state index contributed by atoms with van der Waals surface area (Å²) in [4.78, 5) is 13.5. The minimum absolute atomic E-state index is 0.122. The Morgan fingerprint density at radius 3 is 2.44 bits per heavy atom. The Balaban J connectivity index is 0.00000227. The van der Waals surface area contributed by atoms with E-state index in [1.54, 1.807) is 6.92 Å². The molecule has 0 heterocycles. The molecule has 182 valence electrons. The van der Waals surface area contributed by atoms with Crippen LogP contribution in [0.2, 0.25) is 0 Å². The van der Waals surface area contributed by atoms with Gasteiger partial charge in [-0.1, -0.05) is 66.2 Å². The van der Waals surface area contributed by atoms with E-state index in [0.29, 0.717) is 12.0 Å². The molecule has 1 aromatic rings. The normalized spacial score (nSPS) is 13.4. The van der Waals surface area contributed by atoms with Gasteiger partial charge in [-0.15, -0.1) is 18.5 Å². The van der Waals surface area contributed by atoms with Crippen molar-refractivity contribution in [3.63, 3.8) is 0 Å². The summed E-state index contributed by atoms with van der Waals surface area (Å²) in [7, 11) is 0. The Morgan fingerprint density at radius 2 is 1.91 bits per heavy atom. The molecule has 0 atom stereocenters. The molecule has 0 unspecified atom stereocenters. The van der Waals surface area contributed by atoms with E-state index in [-0.39, 0.29) is 11.3 Å². The van der Waals surface area contributed by atoms with E-state index >= 15 is 0 Å². The lowest BCUT2D eigenvalue weighted by molar-refractivity contribution is -0.128. The number of hydrogen-bond donors (Lipinski definition) is 2. The van der Waals surface area contributed by atoms with Crippen LogP contribution in [0.4, 0.5) is 0 Å². The van der Waals surface area contributed by atoms with Crippen LogP contribution in [0, 0.1) is 5.41 Å². The third kappa shape index (κ3) is 11.8. The summed E-state index contributed by atoms with van der Waals surface area (Å²) in [6.45, 7) is 17.9. The number of benzene rings is 1. The molecule has 4 nitrogen and oxygen atoms in total. The smallest absolute Gasteiger partial charge is 0.219 e. The van der Waals surface area contributed by atoms with Crippen molar-refractivity contribution in [2.75, 3.05) is 19.7 Å². The first kappa shape index (κ1) is 30.3. The minimum atomic E-state index is 0.122. The highest BCUT2D eigenvalue weighted by Gasteiger charge is 2.43. The molecular weight excluding hydrogens is 416 g/mol. The molecule has 2 rings (SSSR count). The van der Waals surface area contributed by atoms with Gasteiger partial charge in [0.25, 0.3) is 0 Å². The molecule has 1 saturated carbocycles. The molecule has 1 aromatic carbocycles. The van der Waals surface area contributed by atoms with Crippen LogP contribution >= 0.6 is 12.8 Å². The van der Waals surface area contributed by atoms with Gasteiger partial charge in [-0.05, 0) is 60.3 Å². The maximum Gasteiger partial charge on any atom is 0.219 e. The second-order valence-electron chi connectivity index (χ2n) is 9.34. The van der Waals surface area contributed by atoms with Crippen molar-refractivity contribution >= 4 is 18.7 Å². The van der Waals surface area contributed by atoms with Gasteiger partial charge >= 0.3 is 0 Å². The lowest BCUT2D eigenvalue weighted by Gasteiger charge is -2.21. The Labute approximate surface area is 202 Å². The summed E-state index contributed by atoms with van der Waals surface area (Å²) in [5, 5.41) is 4.19. The molecule has 2 N–H and O–H groups in total. The predicted molar refractivity (Wildman–Crippen MR) is 141 cm³/mol. The number of ether oxygens (including phenoxy) is 1. The predicted octanol–water partition coefficient (Wildman–Crippen LogP) is 6.71. The molecule has 1 aliphatic carbocycles. The molecule has 1 fully saturated rings. The van der Waals surface area contributed by atoms with Crippen LogP contribution in [0.15, 0.2) is 42.7 Å². The van der Waals surface area contributed by atoms with Crippen molar-refractivity contribution in [3.8, 4) is 5.75 Å². The highest BCUT2D eigenvalue weighted by molar-refractivity contribution is 7.77. The highest BCUT2D eigenvalue weighted by Crippen LogP contribution is 2.52. The monoisotopic (exact) mass is 462 g/mol. The summed E-state index contributed by atoms with van der Waals surface area (Å²) >= 11 is 3.03. The zero-order chi connectivity index (χ0) is 24.6. The number of rotatable bonds is 11. The average molecular weight is 463 g/mol. The zero-order valence-corrected chi connectivity index (χ0v) is 22.1. The van der Waals surface area contributed by atoms with Crippen LogP contribution in [0.25, 0.3) is 0 Å². The number of carbonyl (C=O) groups excluding carboxylic acids is 1. The van der Waals surface area contributed by atoms with E-state index in [0.717, 1.165) is 31.7 Å². The summed E-state index contributed by atoms with van der Waals surface area (Å²) in [6, 6.07) is 8.71. The van der Waals surface area contributed by atoms with E-state index in [2.05, 4.69) is 75.3 Å². The minimum Gasteiger partial charge on any atom is -0.493 e. The average Bonchev–Trinajstić information content (AvgIpc) is 3.57. The van der Waals surface area contributed by atoms with Gasteiger partial charge in [0.05, 0.1) is 6.61 Å². The number of nitrogens with two attached hydrogens (primary N) is 1. The topological polar surface area (TPSA) is 55.6 Å². The largest absolute Gasteiger partial charge is 0.493 e. The second-order valence-corrected chi connectivity index (χ2v) is 9.34. The van der Waals surface area contributed by atoms with E-state index in [1.807, 2.05) is 24.8 Å². The van der Waals surface area contributed by atoms with E-state index < -0.39 is 0 Å². The van der Waals surface area contributed by atoms with Crippen LogP contribution in [0.1, 0.15) is 85.6 Å². The Bertz CT molecular complexity index is 702. The fourth-order valence-electron chi connectivity index (χ4n) is 3.54. The van der Waals surface area contributed by atoms with Crippen LogP contribution in [0.5, 0.6) is 5.75 Å². The quantitative estimate of drug-likeness (QED) is 0.218. The van der Waals surface area contributed by atoms with Gasteiger partial charge in [0.2, 0.25) is 5.91 Å². The van der Waals surface area contributed by atoms with Crippen LogP contribution in [0.3, 0.4) is 0 Å². The fourth-order valence-corrected chi connectivity index (χ4v) is 3.54. The van der Waals surface area contributed by atoms with Gasteiger partial charge in [0, 0.05) is 20.0 Å². The number of carbonyl (C=O) groups is 1. The Hall–Kier alpha value is -1.68. The molecule has 1 aliphatic rings. The van der Waals surface area contributed by atoms with Gasteiger partial charge < -0.3 is 9.64 Å². The number of amides is 1. The standard InChI is InChI=1S/C25H37NO2.C2H6.H3NS/c1-6-7-17-26(21(2)27)18-10-8-9-14-25(15-16-25)22-12-11-13-23(19-22)28-20-24(3,4)5;2*1-2/h7,11-13,19H,1,8-10,14-18,20H2,2-5H3;1-2H3;2H,1H2. The molecule has 0 aromatic heterocycles. The van der Waals surface area contributed by atoms with Crippen LogP contribution in [-0.4, -0.2) is 30.5 Å². The first-order chi connectivity index (χ1) is 15.3. The summed E-state index contributed by atoms with van der Waals surface area (Å²) < 4.78 is 6.01. The highest BCUT2D eigenvalue weighted by atomic mass is 32.1. The zero-order valence-electron chi connectivity index (χ0n) is 21.2. The van der Waals surface area contributed by atoms with Gasteiger partial charge in [0.1, 0.15) is 5.75 Å². The van der Waals surface area contributed by atoms with Crippen molar-refractivity contribution in [1.82, 2.24) is 4.90 Å². The van der Waals surface area contributed by atoms with Crippen molar-refractivity contribution in [2.24, 2.45) is 10.6 Å². The number of thiol groups is 1. The molecule has 0 bridgehead atoms. The summed E-state index contributed by atoms with van der Waals surface area (Å²) in [5.41, 5.74) is 4.70. The van der Waals surface area contributed by atoms with E-state index in [1.165, 1.54) is 31.2 Å². The molecule has 32 heavy (non-hydrogen) atoms. The molecule has 0 saturated heterocycles. The lowest BCUT2D eigenvalue weighted by atomic mass is 9.90. The van der Waals surface area contributed by atoms with Crippen molar-refractivity contribution in [2.45, 2.75) is 85.5 Å². The lowest BCUT2D eigenvalue weighted by Crippen LogP contribution is -2.29. The Morgan fingerprint density at radius 1 is 1.25 bits per heavy atom. The van der Waals surface area contributed by atoms with Gasteiger partial charge in [-0.2, -0.15) is 0 Å². The van der Waals surface area contributed by atoms with Crippen LogP contribution in [-0.2, 0) is 10.2 Å². The first-order valence-corrected chi connectivity index (χ1v) is 12.4. The summed E-state index contributed by atoms with van der Waals surface area (Å²) in [5.74, 6) is 1.11. The first-order valence-electron chi connectivity index (χ1n) is 11.8. The molecule has 0 spiro atoms. The van der Waals surface area contributed by atoms with Crippen LogP contribution < -0.4 is 9.88 Å². The van der Waals surface area contributed by atoms with Crippen molar-refractivity contribution in [1.29, 1.82) is 0 Å². The maximum absolute atomic E-state index is 11.7. The van der Waals surface area contributed by atoms with Gasteiger partial charge in [-0.25, -0.2) is 0 Å². The van der Waals surface area contributed by atoms with Gasteiger partial charge in [0.15, 0.2) is 0 Å². The SMILES string of the molecule is C=C=CCN(CCCCCC1(c2cccc(OCC(C)(C)C)c2)CC1)C(C)=O.CC.NS. The molecule has 0 radical (unpaired) electrons. The molecular formula is C27H46N2O2S. The molecule has 1 amide bonds. The third-order valence-electron chi connectivity index (χ3n) is 5.46. The Kier molecular flexibility index (Phi) is 15.2. The molecule has 5 heteroatoms. The maximum atomic E-state index is 11.7. The number of hydrogen-bond acceptors (Lipinski definition) is 4.